The minimum atomic E-state index is -0.832. The molecule has 0 fully saturated rings. The highest BCUT2D eigenvalue weighted by Gasteiger charge is 2.13. The van der Waals surface area contributed by atoms with Gasteiger partial charge in [0.1, 0.15) is 5.75 Å². The summed E-state index contributed by atoms with van der Waals surface area (Å²) in [5.74, 6) is -0.841. The van der Waals surface area contributed by atoms with Gasteiger partial charge in [0.05, 0.1) is 12.8 Å². The predicted molar refractivity (Wildman–Crippen MR) is 97.9 cm³/mol. The molecule has 2 rings (SSSR count). The molecule has 130 valence electrons. The highest BCUT2D eigenvalue weighted by atomic mass is 16.5. The number of amides is 2. The van der Waals surface area contributed by atoms with Crippen molar-refractivity contribution in [2.24, 2.45) is 5.10 Å². The maximum atomic E-state index is 11.9. The number of aryl methyl sites for hydroxylation is 2. The van der Waals surface area contributed by atoms with Gasteiger partial charge in [-0.1, -0.05) is 6.07 Å². The third kappa shape index (κ3) is 5.76. The van der Waals surface area contributed by atoms with Gasteiger partial charge < -0.3 is 10.1 Å². The lowest BCUT2D eigenvalue weighted by Gasteiger charge is -2.06. The molecule has 0 aliphatic carbocycles. The summed E-state index contributed by atoms with van der Waals surface area (Å²) in [5, 5.41) is 6.34. The Hall–Kier alpha value is -3.15. The SMILES string of the molecule is CCOc1ccc(C=NNC(=O)C(=O)Nc2cc(C)cc(C)c2)cc1. The van der Waals surface area contributed by atoms with E-state index in [1.54, 1.807) is 36.4 Å². The zero-order valence-electron chi connectivity index (χ0n) is 14.5. The van der Waals surface area contributed by atoms with Crippen molar-refractivity contribution in [3.8, 4) is 5.75 Å². The van der Waals surface area contributed by atoms with Crippen LogP contribution in [-0.4, -0.2) is 24.6 Å². The lowest BCUT2D eigenvalue weighted by molar-refractivity contribution is -0.136. The summed E-state index contributed by atoms with van der Waals surface area (Å²) in [4.78, 5) is 23.7. The molecule has 0 atom stereocenters. The summed E-state index contributed by atoms with van der Waals surface area (Å²) < 4.78 is 5.34. The van der Waals surface area contributed by atoms with Crippen LogP contribution < -0.4 is 15.5 Å². The maximum Gasteiger partial charge on any atom is 0.329 e. The van der Waals surface area contributed by atoms with E-state index in [0.717, 1.165) is 22.4 Å². The number of ether oxygens (including phenoxy) is 1. The number of rotatable bonds is 5. The van der Waals surface area contributed by atoms with E-state index in [1.807, 2.05) is 26.8 Å². The quantitative estimate of drug-likeness (QED) is 0.499. The molecule has 6 nitrogen and oxygen atoms in total. The predicted octanol–water partition coefficient (Wildman–Crippen LogP) is 2.79. The van der Waals surface area contributed by atoms with Crippen LogP contribution in [0.1, 0.15) is 23.6 Å². The standard InChI is InChI=1S/C19H21N3O3/c1-4-25-17-7-5-15(6-8-17)12-20-22-19(24)18(23)21-16-10-13(2)9-14(3)11-16/h5-12H,4H2,1-3H3,(H,21,23)(H,22,24). The number of benzene rings is 2. The Morgan fingerprint density at radius 1 is 1.04 bits per heavy atom. The molecule has 0 saturated carbocycles. The smallest absolute Gasteiger partial charge is 0.329 e. The van der Waals surface area contributed by atoms with Crippen molar-refractivity contribution >= 4 is 23.7 Å². The normalized spacial score (nSPS) is 10.5. The second kappa shape index (κ2) is 8.63. The second-order valence-corrected chi connectivity index (χ2v) is 5.53. The highest BCUT2D eigenvalue weighted by molar-refractivity contribution is 6.39. The Morgan fingerprint density at radius 2 is 1.68 bits per heavy atom. The van der Waals surface area contributed by atoms with Gasteiger partial charge in [0.2, 0.25) is 0 Å². The molecule has 0 bridgehead atoms. The molecule has 0 heterocycles. The van der Waals surface area contributed by atoms with E-state index < -0.39 is 11.8 Å². The van der Waals surface area contributed by atoms with Crippen LogP contribution in [0, 0.1) is 13.8 Å². The Kier molecular flexibility index (Phi) is 6.28. The van der Waals surface area contributed by atoms with Gasteiger partial charge in [-0.15, -0.1) is 0 Å². The molecular formula is C19H21N3O3. The number of anilines is 1. The van der Waals surface area contributed by atoms with Crippen LogP contribution in [0.15, 0.2) is 47.6 Å². The van der Waals surface area contributed by atoms with Gasteiger partial charge in [-0.2, -0.15) is 5.10 Å². The van der Waals surface area contributed by atoms with Gasteiger partial charge in [-0.3, -0.25) is 9.59 Å². The summed E-state index contributed by atoms with van der Waals surface area (Å²) in [6.07, 6.45) is 1.46. The van der Waals surface area contributed by atoms with Crippen LogP contribution in [0.25, 0.3) is 0 Å². The van der Waals surface area contributed by atoms with Crippen molar-refractivity contribution in [3.63, 3.8) is 0 Å². The summed E-state index contributed by atoms with van der Waals surface area (Å²) in [6, 6.07) is 12.8. The van der Waals surface area contributed by atoms with E-state index in [4.69, 9.17) is 4.74 Å². The molecule has 0 radical (unpaired) electrons. The van der Waals surface area contributed by atoms with Gasteiger partial charge in [0, 0.05) is 5.69 Å². The Labute approximate surface area is 146 Å². The first kappa shape index (κ1) is 18.2. The number of hydrogen-bond donors (Lipinski definition) is 2. The van der Waals surface area contributed by atoms with Crippen molar-refractivity contribution < 1.29 is 14.3 Å². The first-order valence-electron chi connectivity index (χ1n) is 7.93. The van der Waals surface area contributed by atoms with Crippen LogP contribution in [0.4, 0.5) is 5.69 Å². The Morgan fingerprint density at radius 3 is 2.28 bits per heavy atom. The summed E-state index contributed by atoms with van der Waals surface area (Å²) in [7, 11) is 0. The van der Waals surface area contributed by atoms with Crippen molar-refractivity contribution in [2.45, 2.75) is 20.8 Å². The van der Waals surface area contributed by atoms with Gasteiger partial charge in [-0.25, -0.2) is 5.43 Å². The molecule has 0 saturated heterocycles. The number of nitrogens with one attached hydrogen (secondary N) is 2. The fourth-order valence-corrected chi connectivity index (χ4v) is 2.27. The third-order valence-electron chi connectivity index (χ3n) is 3.26. The lowest BCUT2D eigenvalue weighted by atomic mass is 10.1. The zero-order chi connectivity index (χ0) is 18.2. The monoisotopic (exact) mass is 339 g/mol. The largest absolute Gasteiger partial charge is 0.494 e. The van der Waals surface area contributed by atoms with E-state index in [-0.39, 0.29) is 0 Å². The van der Waals surface area contributed by atoms with Crippen molar-refractivity contribution in [1.82, 2.24) is 5.43 Å². The molecular weight excluding hydrogens is 318 g/mol. The summed E-state index contributed by atoms with van der Waals surface area (Å²) in [5.41, 5.74) is 5.57. The summed E-state index contributed by atoms with van der Waals surface area (Å²) >= 11 is 0. The number of nitrogens with zero attached hydrogens (tertiary/aromatic N) is 1. The van der Waals surface area contributed by atoms with Gasteiger partial charge in [0.15, 0.2) is 0 Å². The van der Waals surface area contributed by atoms with Crippen LogP contribution in [0.2, 0.25) is 0 Å². The molecule has 2 N–H and O–H groups in total. The van der Waals surface area contributed by atoms with Gasteiger partial charge >= 0.3 is 11.8 Å². The number of hydrogen-bond acceptors (Lipinski definition) is 4. The van der Waals surface area contributed by atoms with Gasteiger partial charge in [-0.05, 0) is 73.9 Å². The Balaban J connectivity index is 1.89. The molecule has 0 unspecified atom stereocenters. The van der Waals surface area contributed by atoms with Crippen LogP contribution in [0.3, 0.4) is 0 Å². The van der Waals surface area contributed by atoms with Crippen molar-refractivity contribution in [3.05, 3.63) is 59.2 Å². The lowest BCUT2D eigenvalue weighted by Crippen LogP contribution is -2.32. The molecule has 0 aliphatic rings. The topological polar surface area (TPSA) is 79.8 Å². The van der Waals surface area contributed by atoms with Gasteiger partial charge in [0.25, 0.3) is 0 Å². The first-order chi connectivity index (χ1) is 12.0. The van der Waals surface area contributed by atoms with E-state index in [9.17, 15) is 9.59 Å². The van der Waals surface area contributed by atoms with Crippen LogP contribution in [0.5, 0.6) is 5.75 Å². The maximum absolute atomic E-state index is 11.9. The summed E-state index contributed by atoms with van der Waals surface area (Å²) in [6.45, 7) is 6.35. The fraction of sp³-hybridized carbons (Fsp3) is 0.211. The zero-order valence-corrected chi connectivity index (χ0v) is 14.5. The number of hydrazone groups is 1. The molecule has 6 heteroatoms. The molecule has 2 aromatic rings. The van der Waals surface area contributed by atoms with Crippen LogP contribution in [-0.2, 0) is 9.59 Å². The first-order valence-corrected chi connectivity index (χ1v) is 7.93. The third-order valence-corrected chi connectivity index (χ3v) is 3.26. The molecule has 2 aromatic carbocycles. The fourth-order valence-electron chi connectivity index (χ4n) is 2.27. The minimum absolute atomic E-state index is 0.577. The van der Waals surface area contributed by atoms with E-state index >= 15 is 0 Å². The Bertz CT molecular complexity index is 763. The molecule has 0 aliphatic heterocycles. The minimum Gasteiger partial charge on any atom is -0.494 e. The highest BCUT2D eigenvalue weighted by Crippen LogP contribution is 2.13. The number of carbonyl (C=O) groups is 2. The van der Waals surface area contributed by atoms with Crippen LogP contribution >= 0.6 is 0 Å². The molecule has 0 spiro atoms. The average molecular weight is 339 g/mol. The van der Waals surface area contributed by atoms with Crippen molar-refractivity contribution in [2.75, 3.05) is 11.9 Å². The molecule has 0 aromatic heterocycles. The van der Waals surface area contributed by atoms with Crippen molar-refractivity contribution in [1.29, 1.82) is 0 Å². The molecule has 2 amide bonds. The number of carbonyl (C=O) groups excluding carboxylic acids is 2. The second-order valence-electron chi connectivity index (χ2n) is 5.53. The van der Waals surface area contributed by atoms with E-state index in [1.165, 1.54) is 6.21 Å². The average Bonchev–Trinajstić information content (AvgIpc) is 2.55. The van der Waals surface area contributed by atoms with E-state index in [0.29, 0.717) is 12.3 Å². The van der Waals surface area contributed by atoms with E-state index in [2.05, 4.69) is 15.8 Å². The molecule has 25 heavy (non-hydrogen) atoms.